The van der Waals surface area contributed by atoms with Gasteiger partial charge in [-0.3, -0.25) is 14.4 Å². The average Bonchev–Trinajstić information content (AvgIpc) is 2.65. The first-order valence-electron chi connectivity index (χ1n) is 7.77. The largest absolute Gasteiger partial charge is 0.354 e. The molecule has 0 atom stereocenters. The van der Waals surface area contributed by atoms with Crippen molar-refractivity contribution in [2.75, 3.05) is 12.4 Å². The van der Waals surface area contributed by atoms with E-state index in [1.165, 1.54) is 31.3 Å². The highest BCUT2D eigenvalue weighted by Gasteiger charge is 2.17. The zero-order valence-electron chi connectivity index (χ0n) is 13.8. The molecule has 0 bridgehead atoms. The molecule has 2 amide bonds. The van der Waals surface area contributed by atoms with E-state index in [2.05, 4.69) is 15.7 Å². The highest BCUT2D eigenvalue weighted by Crippen LogP contribution is 2.13. The van der Waals surface area contributed by atoms with Crippen molar-refractivity contribution >= 4 is 28.3 Å². The second kappa shape index (κ2) is 7.14. The summed E-state index contributed by atoms with van der Waals surface area (Å²) in [5, 5.41) is 9.75. The molecule has 132 valence electrons. The van der Waals surface area contributed by atoms with Gasteiger partial charge in [0.1, 0.15) is 12.4 Å². The van der Waals surface area contributed by atoms with Gasteiger partial charge in [0, 0.05) is 18.1 Å². The minimum Gasteiger partial charge on any atom is -0.354 e. The molecule has 0 saturated heterocycles. The monoisotopic (exact) mass is 354 g/mol. The molecule has 1 aromatic heterocycles. The number of nitrogens with zero attached hydrogens (tertiary/aromatic N) is 2. The summed E-state index contributed by atoms with van der Waals surface area (Å²) >= 11 is 0. The number of hydrogen-bond acceptors (Lipinski definition) is 4. The number of carbonyl (C=O) groups excluding carboxylic acids is 2. The SMILES string of the molecule is CNC(=O)c1nn(CC(=O)Nc2ccc(F)cc2)c(=O)c2ccccc12. The summed E-state index contributed by atoms with van der Waals surface area (Å²) in [6.45, 7) is -0.384. The van der Waals surface area contributed by atoms with Crippen LogP contribution in [0.1, 0.15) is 10.5 Å². The van der Waals surface area contributed by atoms with Crippen LogP contribution in [-0.4, -0.2) is 28.6 Å². The molecule has 0 aliphatic carbocycles. The van der Waals surface area contributed by atoms with E-state index < -0.39 is 23.2 Å². The Hall–Kier alpha value is -3.55. The van der Waals surface area contributed by atoms with Crippen LogP contribution >= 0.6 is 0 Å². The summed E-state index contributed by atoms with van der Waals surface area (Å²) in [4.78, 5) is 36.8. The van der Waals surface area contributed by atoms with Gasteiger partial charge in [0.15, 0.2) is 5.69 Å². The number of fused-ring (bicyclic) bond motifs is 1. The Morgan fingerprint density at radius 1 is 1.08 bits per heavy atom. The van der Waals surface area contributed by atoms with Gasteiger partial charge < -0.3 is 10.6 Å². The molecule has 0 aliphatic rings. The third-order valence-corrected chi connectivity index (χ3v) is 3.73. The van der Waals surface area contributed by atoms with Gasteiger partial charge in [-0.05, 0) is 30.3 Å². The molecule has 0 radical (unpaired) electrons. The van der Waals surface area contributed by atoms with Crippen LogP contribution in [0.15, 0.2) is 53.3 Å². The van der Waals surface area contributed by atoms with Crippen LogP contribution in [-0.2, 0) is 11.3 Å². The lowest BCUT2D eigenvalue weighted by Crippen LogP contribution is -2.33. The van der Waals surface area contributed by atoms with Crippen LogP contribution < -0.4 is 16.2 Å². The Bertz CT molecular complexity index is 1040. The Labute approximate surface area is 147 Å². The molecule has 0 saturated carbocycles. The van der Waals surface area contributed by atoms with E-state index in [0.29, 0.717) is 11.1 Å². The molecular weight excluding hydrogens is 339 g/mol. The molecule has 2 aromatic carbocycles. The molecule has 26 heavy (non-hydrogen) atoms. The van der Waals surface area contributed by atoms with Gasteiger partial charge >= 0.3 is 0 Å². The number of rotatable bonds is 4. The topological polar surface area (TPSA) is 93.1 Å². The van der Waals surface area contributed by atoms with E-state index >= 15 is 0 Å². The number of carbonyl (C=O) groups is 2. The standard InChI is InChI=1S/C18H15FN4O3/c1-20-17(25)16-13-4-2-3-5-14(13)18(26)23(22-16)10-15(24)21-12-8-6-11(19)7-9-12/h2-9H,10H2,1H3,(H,20,25)(H,21,24). The average molecular weight is 354 g/mol. The maximum Gasteiger partial charge on any atom is 0.275 e. The van der Waals surface area contributed by atoms with Gasteiger partial charge in [-0.2, -0.15) is 5.10 Å². The van der Waals surface area contributed by atoms with Crippen LogP contribution in [0.3, 0.4) is 0 Å². The molecule has 3 aromatic rings. The fraction of sp³-hybridized carbons (Fsp3) is 0.111. The first kappa shape index (κ1) is 17.3. The van der Waals surface area contributed by atoms with Gasteiger partial charge in [0.05, 0.1) is 5.39 Å². The number of halogens is 1. The van der Waals surface area contributed by atoms with Crippen LogP contribution in [0.5, 0.6) is 0 Å². The lowest BCUT2D eigenvalue weighted by molar-refractivity contribution is -0.117. The van der Waals surface area contributed by atoms with Crippen molar-refractivity contribution in [1.29, 1.82) is 0 Å². The summed E-state index contributed by atoms with van der Waals surface area (Å²) in [5.41, 5.74) is -0.0449. The predicted octanol–water partition coefficient (Wildman–Crippen LogP) is 1.53. The Kier molecular flexibility index (Phi) is 4.74. The van der Waals surface area contributed by atoms with Crippen LogP contribution in [0.2, 0.25) is 0 Å². The third-order valence-electron chi connectivity index (χ3n) is 3.73. The highest BCUT2D eigenvalue weighted by molar-refractivity contribution is 6.04. The van der Waals surface area contributed by atoms with Gasteiger partial charge in [-0.25, -0.2) is 9.07 Å². The Balaban J connectivity index is 1.95. The van der Waals surface area contributed by atoms with Crippen molar-refractivity contribution in [1.82, 2.24) is 15.1 Å². The molecule has 0 unspecified atom stereocenters. The smallest absolute Gasteiger partial charge is 0.275 e. The molecule has 0 aliphatic heterocycles. The number of benzene rings is 2. The van der Waals surface area contributed by atoms with Crippen molar-refractivity contribution in [2.45, 2.75) is 6.54 Å². The summed E-state index contributed by atoms with van der Waals surface area (Å²) in [6.07, 6.45) is 0. The van der Waals surface area contributed by atoms with E-state index in [1.54, 1.807) is 24.3 Å². The summed E-state index contributed by atoms with van der Waals surface area (Å²) in [6, 6.07) is 11.8. The number of amides is 2. The van der Waals surface area contributed by atoms with Crippen LogP contribution in [0.4, 0.5) is 10.1 Å². The number of anilines is 1. The first-order chi connectivity index (χ1) is 12.5. The molecular formula is C18H15FN4O3. The number of hydrogen-bond donors (Lipinski definition) is 2. The maximum absolute atomic E-state index is 12.9. The minimum atomic E-state index is -0.524. The lowest BCUT2D eigenvalue weighted by Gasteiger charge is -2.10. The molecule has 3 rings (SSSR count). The van der Waals surface area contributed by atoms with E-state index in [9.17, 15) is 18.8 Å². The highest BCUT2D eigenvalue weighted by atomic mass is 19.1. The van der Waals surface area contributed by atoms with E-state index in [-0.39, 0.29) is 17.6 Å². The Morgan fingerprint density at radius 2 is 1.73 bits per heavy atom. The normalized spacial score (nSPS) is 10.5. The lowest BCUT2D eigenvalue weighted by atomic mass is 10.1. The molecule has 8 heteroatoms. The molecule has 1 heterocycles. The fourth-order valence-electron chi connectivity index (χ4n) is 2.50. The second-order valence-corrected chi connectivity index (χ2v) is 5.49. The van der Waals surface area contributed by atoms with Crippen molar-refractivity contribution in [3.8, 4) is 0 Å². The maximum atomic E-state index is 12.9. The van der Waals surface area contributed by atoms with Crippen LogP contribution in [0.25, 0.3) is 10.8 Å². The zero-order valence-corrected chi connectivity index (χ0v) is 13.8. The minimum absolute atomic E-state index is 0.0530. The summed E-state index contributed by atoms with van der Waals surface area (Å²) in [7, 11) is 1.45. The molecule has 0 spiro atoms. The fourth-order valence-corrected chi connectivity index (χ4v) is 2.50. The summed E-state index contributed by atoms with van der Waals surface area (Å²) in [5.74, 6) is -1.41. The predicted molar refractivity (Wildman–Crippen MR) is 94.4 cm³/mol. The van der Waals surface area contributed by atoms with Gasteiger partial charge in [-0.15, -0.1) is 0 Å². The van der Waals surface area contributed by atoms with Crippen molar-refractivity contribution in [3.05, 3.63) is 70.4 Å². The summed E-state index contributed by atoms with van der Waals surface area (Å²) < 4.78 is 13.9. The quantitative estimate of drug-likeness (QED) is 0.743. The van der Waals surface area contributed by atoms with Gasteiger partial charge in [-0.1, -0.05) is 18.2 Å². The van der Waals surface area contributed by atoms with E-state index in [1.807, 2.05) is 0 Å². The zero-order chi connectivity index (χ0) is 18.7. The van der Waals surface area contributed by atoms with Gasteiger partial charge in [0.2, 0.25) is 5.91 Å². The molecule has 2 N–H and O–H groups in total. The van der Waals surface area contributed by atoms with Crippen molar-refractivity contribution < 1.29 is 14.0 Å². The van der Waals surface area contributed by atoms with Crippen molar-refractivity contribution in [2.24, 2.45) is 0 Å². The molecule has 0 fully saturated rings. The Morgan fingerprint density at radius 3 is 2.38 bits per heavy atom. The molecule has 7 nitrogen and oxygen atoms in total. The van der Waals surface area contributed by atoms with E-state index in [0.717, 1.165) is 4.68 Å². The number of aromatic nitrogens is 2. The van der Waals surface area contributed by atoms with E-state index in [4.69, 9.17) is 0 Å². The van der Waals surface area contributed by atoms with Gasteiger partial charge in [0.25, 0.3) is 11.5 Å². The van der Waals surface area contributed by atoms with Crippen LogP contribution in [0, 0.1) is 5.82 Å². The van der Waals surface area contributed by atoms with Crippen molar-refractivity contribution in [3.63, 3.8) is 0 Å². The third kappa shape index (κ3) is 3.44. The first-order valence-corrected chi connectivity index (χ1v) is 7.77. The number of nitrogens with one attached hydrogen (secondary N) is 2. The second-order valence-electron chi connectivity index (χ2n) is 5.49.